The Bertz CT molecular complexity index is 777. The van der Waals surface area contributed by atoms with Crippen molar-refractivity contribution in [3.05, 3.63) is 65.2 Å². The molecule has 0 unspecified atom stereocenters. The molecule has 0 aromatic heterocycles. The number of hydrogen-bond acceptors (Lipinski definition) is 4. The molecule has 0 radical (unpaired) electrons. The first kappa shape index (κ1) is 21.9. The Hall–Kier alpha value is -0.120. The molecule has 0 aliphatic heterocycles. The van der Waals surface area contributed by atoms with Crippen LogP contribution in [0.3, 0.4) is 0 Å². The fraction of sp³-hybridized carbons (Fsp3) is 0. The average Bonchev–Trinajstić information content (AvgIpc) is 2.38. The maximum Gasteiger partial charge on any atom is 1.00 e. The van der Waals surface area contributed by atoms with Crippen LogP contribution in [0.15, 0.2) is 41.3 Å². The standard InChI is InChI=1S/C13H7F2O4S.2Na/c14-10-4-1-8(2-5-10)13(16)9-3-6-11(15)12(7-9)20(17,18)19;;/h1-4,6-7H,(H,17,18,19);;/q-1;2*+1/p-1. The van der Waals surface area contributed by atoms with Crippen LogP contribution in [-0.4, -0.2) is 18.8 Å². The largest absolute Gasteiger partial charge is 1.00 e. The van der Waals surface area contributed by atoms with E-state index in [1.54, 1.807) is 0 Å². The predicted molar refractivity (Wildman–Crippen MR) is 63.0 cm³/mol. The van der Waals surface area contributed by atoms with E-state index in [1.807, 2.05) is 0 Å². The van der Waals surface area contributed by atoms with Gasteiger partial charge in [-0.25, -0.2) is 17.2 Å². The first-order valence-corrected chi connectivity index (χ1v) is 6.67. The summed E-state index contributed by atoms with van der Waals surface area (Å²) >= 11 is 0. The van der Waals surface area contributed by atoms with Gasteiger partial charge in [-0.3, -0.25) is 0 Å². The van der Waals surface area contributed by atoms with Crippen molar-refractivity contribution in [1.82, 2.24) is 0 Å². The summed E-state index contributed by atoms with van der Waals surface area (Å²) < 4.78 is 58.5. The second kappa shape index (κ2) is 8.65. The van der Waals surface area contributed by atoms with E-state index in [1.165, 1.54) is 6.07 Å². The van der Waals surface area contributed by atoms with Crippen LogP contribution in [0.2, 0.25) is 0 Å². The van der Waals surface area contributed by atoms with Crippen molar-refractivity contribution in [3.8, 4) is 0 Å². The van der Waals surface area contributed by atoms with E-state index in [-0.39, 0.29) is 70.2 Å². The molecule has 0 aliphatic rings. The van der Waals surface area contributed by atoms with Gasteiger partial charge in [-0.05, 0) is 18.2 Å². The molecule has 0 aliphatic carbocycles. The monoisotopic (exact) mass is 342 g/mol. The molecular weight excluding hydrogens is 336 g/mol. The molecule has 2 aromatic carbocycles. The molecule has 9 heteroatoms. The molecule has 0 bridgehead atoms. The van der Waals surface area contributed by atoms with Crippen LogP contribution in [0.5, 0.6) is 0 Å². The first-order valence-electron chi connectivity index (χ1n) is 5.26. The fourth-order valence-corrected chi connectivity index (χ4v) is 2.13. The number of rotatable bonds is 3. The third kappa shape index (κ3) is 5.21. The third-order valence-electron chi connectivity index (χ3n) is 2.50. The first-order chi connectivity index (χ1) is 9.29. The van der Waals surface area contributed by atoms with Crippen molar-refractivity contribution in [2.45, 2.75) is 4.90 Å². The summed E-state index contributed by atoms with van der Waals surface area (Å²) in [6.45, 7) is 0. The molecule has 0 saturated carbocycles. The molecule has 104 valence electrons. The SMILES string of the molecule is O=C(c1c[c-]c(F)cc1)c1ccc(F)c(S(=O)(=O)[O-])c1.[Na+].[Na+]. The van der Waals surface area contributed by atoms with Gasteiger partial charge in [0.2, 0.25) is 0 Å². The number of benzene rings is 2. The predicted octanol–water partition coefficient (Wildman–Crippen LogP) is -4.09. The minimum Gasteiger partial charge on any atom is -0.744 e. The van der Waals surface area contributed by atoms with Crippen LogP contribution in [0.4, 0.5) is 8.78 Å². The molecule has 0 N–H and O–H groups in total. The van der Waals surface area contributed by atoms with Gasteiger partial charge in [0.25, 0.3) is 0 Å². The Morgan fingerprint density at radius 1 is 1.05 bits per heavy atom. The van der Waals surface area contributed by atoms with E-state index < -0.39 is 32.4 Å². The van der Waals surface area contributed by atoms with Crippen LogP contribution in [-0.2, 0) is 10.1 Å². The van der Waals surface area contributed by atoms with Crippen LogP contribution in [0, 0.1) is 17.7 Å². The van der Waals surface area contributed by atoms with Crippen LogP contribution in [0.25, 0.3) is 0 Å². The van der Waals surface area contributed by atoms with Crippen molar-refractivity contribution in [1.29, 1.82) is 0 Å². The van der Waals surface area contributed by atoms with Gasteiger partial charge in [0.15, 0.2) is 0 Å². The summed E-state index contributed by atoms with van der Waals surface area (Å²) in [5.74, 6) is -2.57. The number of carbonyl (C=O) groups is 1. The number of carbonyl (C=O) groups excluding carboxylic acids is 1. The summed E-state index contributed by atoms with van der Waals surface area (Å²) in [7, 11) is -5.02. The van der Waals surface area contributed by atoms with Gasteiger partial charge in [-0.1, -0.05) is 5.56 Å². The fourth-order valence-electron chi connectivity index (χ4n) is 1.55. The van der Waals surface area contributed by atoms with Crippen LogP contribution < -0.4 is 59.1 Å². The van der Waals surface area contributed by atoms with Gasteiger partial charge in [0, 0.05) is 11.4 Å². The molecule has 4 nitrogen and oxygen atoms in total. The van der Waals surface area contributed by atoms with Gasteiger partial charge in [0.1, 0.15) is 21.7 Å². The summed E-state index contributed by atoms with van der Waals surface area (Å²) in [6, 6.07) is 7.82. The summed E-state index contributed by atoms with van der Waals surface area (Å²) in [4.78, 5) is 10.9. The van der Waals surface area contributed by atoms with E-state index in [9.17, 15) is 26.5 Å². The Balaban J connectivity index is 0.00000220. The van der Waals surface area contributed by atoms with Crippen LogP contribution >= 0.6 is 0 Å². The van der Waals surface area contributed by atoms with Gasteiger partial charge in [-0.15, -0.1) is 12.1 Å². The second-order valence-electron chi connectivity index (χ2n) is 3.85. The Morgan fingerprint density at radius 2 is 1.64 bits per heavy atom. The van der Waals surface area contributed by atoms with Crippen molar-refractivity contribution >= 4 is 15.9 Å². The number of ketones is 1. The minimum atomic E-state index is -5.02. The Kier molecular flexibility index (Phi) is 8.61. The molecule has 2 aromatic rings. The molecule has 0 saturated heterocycles. The van der Waals surface area contributed by atoms with Gasteiger partial charge in [0.05, 0.1) is 4.90 Å². The Morgan fingerprint density at radius 3 is 2.14 bits per heavy atom. The number of hydrogen-bond donors (Lipinski definition) is 0. The van der Waals surface area contributed by atoms with Crippen molar-refractivity contribution in [2.75, 3.05) is 0 Å². The molecule has 0 spiro atoms. The normalized spacial score (nSPS) is 10.3. The molecule has 0 atom stereocenters. The second-order valence-corrected chi connectivity index (χ2v) is 5.20. The van der Waals surface area contributed by atoms with E-state index >= 15 is 0 Å². The smallest absolute Gasteiger partial charge is 0.744 e. The Labute approximate surface area is 170 Å². The van der Waals surface area contributed by atoms with Crippen molar-refractivity contribution < 1.29 is 85.7 Å². The molecule has 0 fully saturated rings. The summed E-state index contributed by atoms with van der Waals surface area (Å²) in [6.07, 6.45) is 0. The molecular formula is C13H6F2Na2O4S. The third-order valence-corrected chi connectivity index (χ3v) is 3.35. The average molecular weight is 342 g/mol. The van der Waals surface area contributed by atoms with Crippen molar-refractivity contribution in [2.24, 2.45) is 0 Å². The van der Waals surface area contributed by atoms with Crippen molar-refractivity contribution in [3.63, 3.8) is 0 Å². The summed E-state index contributed by atoms with van der Waals surface area (Å²) in [5.41, 5.74) is -0.159. The summed E-state index contributed by atoms with van der Waals surface area (Å²) in [5, 5.41) is 0. The quantitative estimate of drug-likeness (QED) is 0.246. The van der Waals surface area contributed by atoms with Crippen LogP contribution in [0.1, 0.15) is 15.9 Å². The maximum atomic E-state index is 13.2. The van der Waals surface area contributed by atoms with Gasteiger partial charge >= 0.3 is 59.1 Å². The van der Waals surface area contributed by atoms with E-state index in [0.29, 0.717) is 12.1 Å². The zero-order chi connectivity index (χ0) is 14.9. The zero-order valence-corrected chi connectivity index (χ0v) is 16.6. The molecule has 0 heterocycles. The van der Waals surface area contributed by atoms with Gasteiger partial charge < -0.3 is 9.35 Å². The number of halogens is 2. The topological polar surface area (TPSA) is 74.3 Å². The molecule has 2 rings (SSSR count). The minimum absolute atomic E-state index is 0. The van der Waals surface area contributed by atoms with E-state index in [4.69, 9.17) is 0 Å². The molecule has 22 heavy (non-hydrogen) atoms. The van der Waals surface area contributed by atoms with E-state index in [2.05, 4.69) is 6.07 Å². The zero-order valence-electron chi connectivity index (χ0n) is 11.8. The molecule has 0 amide bonds. The van der Waals surface area contributed by atoms with Gasteiger partial charge in [-0.2, -0.15) is 12.1 Å². The maximum absolute atomic E-state index is 13.2. The van der Waals surface area contributed by atoms with E-state index in [0.717, 1.165) is 18.2 Å².